The van der Waals surface area contributed by atoms with Crippen molar-refractivity contribution in [3.8, 4) is 28.2 Å². The first-order valence-corrected chi connectivity index (χ1v) is 20.2. The van der Waals surface area contributed by atoms with Gasteiger partial charge >= 0.3 is 11.6 Å². The van der Waals surface area contributed by atoms with Crippen LogP contribution in [0.3, 0.4) is 0 Å². The summed E-state index contributed by atoms with van der Waals surface area (Å²) in [5.41, 5.74) is 1.49. The van der Waals surface area contributed by atoms with E-state index in [0.29, 0.717) is 18.6 Å². The predicted molar refractivity (Wildman–Crippen MR) is 223 cm³/mol. The van der Waals surface area contributed by atoms with Gasteiger partial charge in [0.25, 0.3) is 0 Å². The summed E-state index contributed by atoms with van der Waals surface area (Å²) in [6.07, 6.45) is 3.40. The molecule has 1 N–H and O–H groups in total. The van der Waals surface area contributed by atoms with Gasteiger partial charge < -0.3 is 19.6 Å². The number of alkyl halides is 2. The second kappa shape index (κ2) is 16.1. The number of piperazine rings is 1. The molecule has 16 heteroatoms. The second-order valence-corrected chi connectivity index (χ2v) is 15.5. The smallest absolute Gasteiger partial charge is 0.350 e. The number of hydrogen-bond donors (Lipinski definition) is 1. The van der Waals surface area contributed by atoms with Crippen LogP contribution in [0, 0.1) is 5.82 Å². The molecule has 0 spiro atoms. The third-order valence-corrected chi connectivity index (χ3v) is 11.8. The van der Waals surface area contributed by atoms with Gasteiger partial charge in [-0.2, -0.15) is 13.9 Å². The number of rotatable bonds is 12. The standard InChI is InChI=1S/C45H43F3N10O3/c1-3-40(30(2)61-27-31-7-5-4-6-8-31)58-43(59)56(29-50-58)37-17-15-36(16-18-37)55-23-21-54(22-24-55)35-13-9-32(10-14-35)33-11-20-41(49-26-33)45(47,48)44(60)28-57-42(51-52-53-57)38-25-34(46)12-19-39(38)44/h4-20,25-26,29-30,40,60H,3,21-24,27-28H2,1-2H3/t30-,40-,44-/m0/s1. The molecular formula is C45H43F3N10O3. The average Bonchev–Trinajstić information content (AvgIpc) is 3.93. The van der Waals surface area contributed by atoms with Crippen LogP contribution in [0.4, 0.5) is 24.5 Å². The average molecular weight is 829 g/mol. The molecule has 0 aliphatic carbocycles. The fourth-order valence-corrected chi connectivity index (χ4v) is 8.35. The Hall–Kier alpha value is -6.65. The summed E-state index contributed by atoms with van der Waals surface area (Å²) >= 11 is 0. The number of tetrazole rings is 1. The van der Waals surface area contributed by atoms with Gasteiger partial charge in [0, 0.05) is 60.4 Å². The molecule has 0 bridgehead atoms. The molecule has 312 valence electrons. The monoisotopic (exact) mass is 828 g/mol. The van der Waals surface area contributed by atoms with Crippen LogP contribution in [0.1, 0.15) is 43.1 Å². The van der Waals surface area contributed by atoms with E-state index in [9.17, 15) is 14.3 Å². The van der Waals surface area contributed by atoms with Crippen molar-refractivity contribution in [2.45, 2.75) is 57.1 Å². The summed E-state index contributed by atoms with van der Waals surface area (Å²) in [5, 5.41) is 27.1. The van der Waals surface area contributed by atoms with Crippen LogP contribution in [0.15, 0.2) is 127 Å². The lowest BCUT2D eigenvalue weighted by Crippen LogP contribution is -2.49. The molecule has 5 heterocycles. The van der Waals surface area contributed by atoms with Crippen LogP contribution in [0.5, 0.6) is 0 Å². The van der Waals surface area contributed by atoms with E-state index < -0.39 is 29.6 Å². The van der Waals surface area contributed by atoms with E-state index in [1.807, 2.05) is 92.7 Å². The van der Waals surface area contributed by atoms with Crippen LogP contribution in [0.2, 0.25) is 0 Å². The van der Waals surface area contributed by atoms with Crippen molar-refractivity contribution in [3.05, 3.63) is 155 Å². The number of aliphatic hydroxyl groups is 1. The lowest BCUT2D eigenvalue weighted by Gasteiger charge is -2.39. The minimum atomic E-state index is -3.88. The van der Waals surface area contributed by atoms with E-state index in [4.69, 9.17) is 4.74 Å². The fraction of sp³-hybridized carbons (Fsp3) is 0.289. The highest BCUT2D eigenvalue weighted by Gasteiger charge is 2.59. The maximum Gasteiger partial charge on any atom is 0.350 e. The molecule has 9 rings (SSSR count). The van der Waals surface area contributed by atoms with E-state index in [1.54, 1.807) is 17.0 Å². The summed E-state index contributed by atoms with van der Waals surface area (Å²) in [6.45, 7) is 6.97. The van der Waals surface area contributed by atoms with Crippen molar-refractivity contribution in [1.29, 1.82) is 0 Å². The first-order valence-electron chi connectivity index (χ1n) is 20.2. The van der Waals surface area contributed by atoms with Gasteiger partial charge in [-0.15, -0.1) is 5.10 Å². The number of anilines is 2. The van der Waals surface area contributed by atoms with Gasteiger partial charge in [0.05, 0.1) is 31.0 Å². The Kier molecular flexibility index (Phi) is 10.5. The molecule has 61 heavy (non-hydrogen) atoms. The molecule has 3 aromatic heterocycles. The third kappa shape index (κ3) is 7.35. The van der Waals surface area contributed by atoms with E-state index >= 15 is 8.78 Å². The van der Waals surface area contributed by atoms with Gasteiger partial charge in [0.2, 0.25) is 0 Å². The summed E-state index contributed by atoms with van der Waals surface area (Å²) < 4.78 is 56.9. The molecule has 0 amide bonds. The maximum absolute atomic E-state index is 16.2. The molecule has 7 aromatic rings. The van der Waals surface area contributed by atoms with Crippen molar-refractivity contribution in [2.24, 2.45) is 0 Å². The normalized spacial score (nSPS) is 17.5. The Morgan fingerprint density at radius 1 is 0.852 bits per heavy atom. The van der Waals surface area contributed by atoms with E-state index in [2.05, 4.69) is 35.4 Å². The van der Waals surface area contributed by atoms with Crippen LogP contribution in [-0.2, 0) is 29.4 Å². The number of pyridine rings is 1. The van der Waals surface area contributed by atoms with Gasteiger partial charge in [0.1, 0.15) is 17.8 Å². The molecular weight excluding hydrogens is 786 g/mol. The number of aromatic nitrogens is 8. The van der Waals surface area contributed by atoms with Gasteiger partial charge in [-0.3, -0.25) is 4.98 Å². The lowest BCUT2D eigenvalue weighted by molar-refractivity contribution is -0.207. The zero-order valence-electron chi connectivity index (χ0n) is 33.5. The highest BCUT2D eigenvalue weighted by atomic mass is 19.3. The van der Waals surface area contributed by atoms with Crippen LogP contribution in [0.25, 0.3) is 28.2 Å². The minimum Gasteiger partial charge on any atom is -0.377 e. The van der Waals surface area contributed by atoms with Crippen LogP contribution < -0.4 is 15.5 Å². The first kappa shape index (κ1) is 39.8. The molecule has 0 radical (unpaired) electrons. The fourth-order valence-electron chi connectivity index (χ4n) is 8.35. The molecule has 1 fully saturated rings. The Balaban J connectivity index is 0.816. The first-order chi connectivity index (χ1) is 29.5. The largest absolute Gasteiger partial charge is 0.377 e. The van der Waals surface area contributed by atoms with Gasteiger partial charge in [-0.1, -0.05) is 61.5 Å². The number of benzene rings is 4. The van der Waals surface area contributed by atoms with Crippen molar-refractivity contribution in [2.75, 3.05) is 36.0 Å². The number of fused-ring (bicyclic) bond motifs is 3. The Morgan fingerprint density at radius 2 is 1.51 bits per heavy atom. The SMILES string of the molecule is CC[C@@H]([C@H](C)OCc1ccccc1)n1ncn(-c2ccc(N3CCN(c4ccc(-c5ccc(C(F)(F)[C@]6(O)Cn7nnnc7-c7cc(F)ccc76)nc5)cc4)CC3)cc2)c1=O. The molecule has 2 aliphatic rings. The quantitative estimate of drug-likeness (QED) is 0.141. The van der Waals surface area contributed by atoms with Crippen LogP contribution in [-0.4, -0.2) is 76.9 Å². The number of hydrogen-bond acceptors (Lipinski definition) is 10. The maximum atomic E-state index is 16.2. The van der Waals surface area contributed by atoms with Gasteiger partial charge in [-0.25, -0.2) is 23.1 Å². The summed E-state index contributed by atoms with van der Waals surface area (Å²) in [4.78, 5) is 22.2. The van der Waals surface area contributed by atoms with Gasteiger partial charge in [-0.05, 0) is 89.5 Å². The van der Waals surface area contributed by atoms with Gasteiger partial charge in [0.15, 0.2) is 11.4 Å². The second-order valence-electron chi connectivity index (χ2n) is 15.5. The van der Waals surface area contributed by atoms with E-state index in [0.717, 1.165) is 77.2 Å². The van der Waals surface area contributed by atoms with Crippen LogP contribution >= 0.6 is 0 Å². The number of nitrogens with zero attached hydrogens (tertiary/aromatic N) is 10. The molecule has 2 aliphatic heterocycles. The Labute approximate surface area is 349 Å². The number of halogens is 3. The Morgan fingerprint density at radius 3 is 2.16 bits per heavy atom. The third-order valence-electron chi connectivity index (χ3n) is 11.8. The summed E-state index contributed by atoms with van der Waals surface area (Å²) in [7, 11) is 0. The molecule has 4 aromatic carbocycles. The lowest BCUT2D eigenvalue weighted by atomic mass is 9.80. The molecule has 0 unspecified atom stereocenters. The van der Waals surface area contributed by atoms with E-state index in [-0.39, 0.29) is 34.8 Å². The van der Waals surface area contributed by atoms with Crippen molar-refractivity contribution < 1.29 is 23.0 Å². The van der Waals surface area contributed by atoms with Crippen molar-refractivity contribution in [1.82, 2.24) is 39.5 Å². The predicted octanol–water partition coefficient (Wildman–Crippen LogP) is 6.76. The van der Waals surface area contributed by atoms with E-state index in [1.165, 1.54) is 16.9 Å². The highest BCUT2D eigenvalue weighted by molar-refractivity contribution is 5.67. The minimum absolute atomic E-state index is 0.0117. The topological polar surface area (TPSA) is 132 Å². The van der Waals surface area contributed by atoms with Crippen molar-refractivity contribution >= 4 is 11.4 Å². The highest BCUT2D eigenvalue weighted by Crippen LogP contribution is 2.50. The zero-order valence-corrected chi connectivity index (χ0v) is 33.5. The summed E-state index contributed by atoms with van der Waals surface area (Å²) in [6, 6.07) is 31.5. The number of ether oxygens (including phenoxy) is 1. The van der Waals surface area contributed by atoms with Crippen molar-refractivity contribution in [3.63, 3.8) is 0 Å². The summed E-state index contributed by atoms with van der Waals surface area (Å²) in [5.74, 6) is -4.46. The zero-order chi connectivity index (χ0) is 42.3. The Bertz CT molecular complexity index is 2680. The molecule has 3 atom stereocenters. The molecule has 1 saturated heterocycles. The molecule has 13 nitrogen and oxygen atoms in total. The molecule has 0 saturated carbocycles.